The highest BCUT2D eigenvalue weighted by Crippen LogP contribution is 2.18. The van der Waals surface area contributed by atoms with Crippen molar-refractivity contribution in [3.63, 3.8) is 0 Å². The summed E-state index contributed by atoms with van der Waals surface area (Å²) in [6.07, 6.45) is 5.51. The third-order valence-corrected chi connectivity index (χ3v) is 3.35. The summed E-state index contributed by atoms with van der Waals surface area (Å²) in [5.41, 5.74) is 3.39. The Balaban J connectivity index is 2.04. The molecule has 24 heavy (non-hydrogen) atoms. The van der Waals surface area contributed by atoms with Crippen LogP contribution in [0.25, 0.3) is 12.2 Å². The number of aryl methyl sites for hydroxylation is 1. The van der Waals surface area contributed by atoms with Crippen LogP contribution in [0.1, 0.15) is 37.6 Å². The molecule has 0 N–H and O–H groups in total. The van der Waals surface area contributed by atoms with E-state index in [1.165, 1.54) is 4.90 Å². The number of carbonyl (C=O) groups excluding carboxylic acids is 1. The molecule has 2 rings (SSSR count). The molecule has 1 aromatic heterocycles. The number of aromatic nitrogens is 1. The second-order valence-electron chi connectivity index (χ2n) is 6.70. The van der Waals surface area contributed by atoms with Crippen LogP contribution in [-0.2, 0) is 4.74 Å². The molecule has 0 saturated carbocycles. The van der Waals surface area contributed by atoms with Gasteiger partial charge in [-0.3, -0.25) is 9.88 Å². The van der Waals surface area contributed by atoms with Gasteiger partial charge in [0.15, 0.2) is 0 Å². The molecule has 0 unspecified atom stereocenters. The van der Waals surface area contributed by atoms with Crippen LogP contribution in [0.2, 0.25) is 0 Å². The van der Waals surface area contributed by atoms with Crippen LogP contribution in [-0.4, -0.2) is 23.7 Å². The van der Waals surface area contributed by atoms with Crippen molar-refractivity contribution < 1.29 is 9.53 Å². The molecular formula is C20H24N2O2. The monoisotopic (exact) mass is 324 g/mol. The Morgan fingerprint density at radius 1 is 1.04 bits per heavy atom. The van der Waals surface area contributed by atoms with Crippen LogP contribution in [0.5, 0.6) is 0 Å². The van der Waals surface area contributed by atoms with Gasteiger partial charge in [-0.2, -0.15) is 0 Å². The first-order valence-corrected chi connectivity index (χ1v) is 7.92. The van der Waals surface area contributed by atoms with Gasteiger partial charge in [0.25, 0.3) is 0 Å². The fourth-order valence-corrected chi connectivity index (χ4v) is 2.02. The molecule has 0 bridgehead atoms. The second kappa shape index (κ2) is 7.30. The number of ether oxygens (including phenoxy) is 1. The highest BCUT2D eigenvalue weighted by Gasteiger charge is 2.20. The fourth-order valence-electron chi connectivity index (χ4n) is 2.02. The first-order chi connectivity index (χ1) is 11.2. The van der Waals surface area contributed by atoms with Gasteiger partial charge in [0.05, 0.1) is 0 Å². The molecule has 0 aliphatic rings. The van der Waals surface area contributed by atoms with E-state index >= 15 is 0 Å². The average Bonchev–Trinajstić information content (AvgIpc) is 2.52. The number of anilines is 1. The van der Waals surface area contributed by atoms with Crippen LogP contribution >= 0.6 is 0 Å². The van der Waals surface area contributed by atoms with Crippen molar-refractivity contribution in [3.05, 3.63) is 59.4 Å². The molecule has 2 aromatic rings. The number of nitrogens with zero attached hydrogens (tertiary/aromatic N) is 2. The zero-order valence-corrected chi connectivity index (χ0v) is 14.9. The second-order valence-corrected chi connectivity index (χ2v) is 6.70. The smallest absolute Gasteiger partial charge is 0.414 e. The summed E-state index contributed by atoms with van der Waals surface area (Å²) >= 11 is 0. The van der Waals surface area contributed by atoms with Crippen molar-refractivity contribution in [3.8, 4) is 0 Å². The third kappa shape index (κ3) is 5.23. The normalized spacial score (nSPS) is 11.5. The van der Waals surface area contributed by atoms with E-state index in [1.54, 1.807) is 7.05 Å². The number of hydrogen-bond acceptors (Lipinski definition) is 3. The minimum absolute atomic E-state index is 0.364. The maximum absolute atomic E-state index is 12.1. The van der Waals surface area contributed by atoms with Crippen molar-refractivity contribution >= 4 is 23.9 Å². The first-order valence-electron chi connectivity index (χ1n) is 7.92. The highest BCUT2D eigenvalue weighted by atomic mass is 16.6. The number of benzene rings is 1. The lowest BCUT2D eigenvalue weighted by Gasteiger charge is -2.24. The Labute approximate surface area is 143 Å². The summed E-state index contributed by atoms with van der Waals surface area (Å²) in [4.78, 5) is 17.8. The zero-order valence-electron chi connectivity index (χ0n) is 14.9. The van der Waals surface area contributed by atoms with Crippen LogP contribution < -0.4 is 4.90 Å². The molecule has 1 aromatic carbocycles. The largest absolute Gasteiger partial charge is 0.443 e. The Morgan fingerprint density at radius 3 is 2.17 bits per heavy atom. The molecular weight excluding hydrogens is 300 g/mol. The predicted octanol–water partition coefficient (Wildman–Crippen LogP) is 4.93. The fraction of sp³-hybridized carbons (Fsp3) is 0.300. The van der Waals surface area contributed by atoms with E-state index in [0.29, 0.717) is 0 Å². The molecule has 4 heteroatoms. The number of amides is 1. The van der Waals surface area contributed by atoms with Crippen LogP contribution in [0, 0.1) is 6.92 Å². The first kappa shape index (κ1) is 17.7. The highest BCUT2D eigenvalue weighted by molar-refractivity contribution is 5.87. The molecule has 0 fully saturated rings. The molecule has 126 valence electrons. The Bertz CT molecular complexity index is 711. The number of rotatable bonds is 3. The maximum atomic E-state index is 12.1. The third-order valence-electron chi connectivity index (χ3n) is 3.35. The molecule has 4 nitrogen and oxygen atoms in total. The quantitative estimate of drug-likeness (QED) is 0.804. The van der Waals surface area contributed by atoms with Crippen LogP contribution in [0.3, 0.4) is 0 Å². The van der Waals surface area contributed by atoms with E-state index in [-0.39, 0.29) is 6.09 Å². The van der Waals surface area contributed by atoms with Crippen LogP contribution in [0.15, 0.2) is 42.6 Å². The standard InChI is InChI=1S/C20H24N2O2/c1-15-6-7-17(14-21-15)9-8-16-10-12-18(13-11-16)22(5)19(23)24-20(2,3)4/h6-14H,1-5H3/b9-8+. The van der Waals surface area contributed by atoms with E-state index < -0.39 is 5.60 Å². The Morgan fingerprint density at radius 2 is 1.62 bits per heavy atom. The maximum Gasteiger partial charge on any atom is 0.414 e. The number of carbonyl (C=O) groups is 1. The lowest BCUT2D eigenvalue weighted by atomic mass is 10.1. The molecule has 0 spiro atoms. The summed E-state index contributed by atoms with van der Waals surface area (Å²) in [6, 6.07) is 11.7. The SMILES string of the molecule is Cc1ccc(/C=C/c2ccc(N(C)C(=O)OC(C)(C)C)cc2)cn1. The van der Waals surface area contributed by atoms with Gasteiger partial charge in [0.2, 0.25) is 0 Å². The summed E-state index contributed by atoms with van der Waals surface area (Å²) in [5, 5.41) is 0. The van der Waals surface area contributed by atoms with Crippen molar-refractivity contribution in [1.29, 1.82) is 0 Å². The van der Waals surface area contributed by atoms with E-state index in [0.717, 1.165) is 22.5 Å². The van der Waals surface area contributed by atoms with Gasteiger partial charge in [-0.1, -0.05) is 30.4 Å². The summed E-state index contributed by atoms with van der Waals surface area (Å²) < 4.78 is 5.37. The van der Waals surface area contributed by atoms with Gasteiger partial charge in [-0.15, -0.1) is 0 Å². The average molecular weight is 324 g/mol. The van der Waals surface area contributed by atoms with E-state index in [1.807, 2.05) is 82.4 Å². The lowest BCUT2D eigenvalue weighted by Crippen LogP contribution is -2.34. The van der Waals surface area contributed by atoms with Gasteiger partial charge in [0.1, 0.15) is 5.60 Å². The molecule has 0 aliphatic carbocycles. The summed E-state index contributed by atoms with van der Waals surface area (Å²) in [6.45, 7) is 7.53. The topological polar surface area (TPSA) is 42.4 Å². The van der Waals surface area contributed by atoms with Gasteiger partial charge in [-0.25, -0.2) is 4.79 Å². The summed E-state index contributed by atoms with van der Waals surface area (Å²) in [5.74, 6) is 0. The predicted molar refractivity (Wildman–Crippen MR) is 99.0 cm³/mol. The van der Waals surface area contributed by atoms with E-state index in [4.69, 9.17) is 4.74 Å². The van der Waals surface area contributed by atoms with Crippen molar-refractivity contribution in [1.82, 2.24) is 4.98 Å². The molecule has 0 saturated heterocycles. The van der Waals surface area contributed by atoms with Crippen molar-refractivity contribution in [2.75, 3.05) is 11.9 Å². The Hall–Kier alpha value is -2.62. The van der Waals surface area contributed by atoms with Gasteiger partial charge < -0.3 is 4.74 Å². The van der Waals surface area contributed by atoms with Gasteiger partial charge in [-0.05, 0) is 57.0 Å². The van der Waals surface area contributed by atoms with Crippen molar-refractivity contribution in [2.45, 2.75) is 33.3 Å². The van der Waals surface area contributed by atoms with Crippen molar-refractivity contribution in [2.24, 2.45) is 0 Å². The summed E-state index contributed by atoms with van der Waals surface area (Å²) in [7, 11) is 1.71. The van der Waals surface area contributed by atoms with Gasteiger partial charge >= 0.3 is 6.09 Å². The zero-order chi connectivity index (χ0) is 17.7. The lowest BCUT2D eigenvalue weighted by molar-refractivity contribution is 0.0589. The molecule has 0 radical (unpaired) electrons. The van der Waals surface area contributed by atoms with Crippen LogP contribution in [0.4, 0.5) is 10.5 Å². The number of pyridine rings is 1. The molecule has 1 amide bonds. The minimum atomic E-state index is -0.504. The van der Waals surface area contributed by atoms with E-state index in [9.17, 15) is 4.79 Å². The van der Waals surface area contributed by atoms with E-state index in [2.05, 4.69) is 4.98 Å². The Kier molecular flexibility index (Phi) is 5.39. The number of hydrogen-bond donors (Lipinski definition) is 0. The molecule has 1 heterocycles. The molecule has 0 atom stereocenters. The minimum Gasteiger partial charge on any atom is -0.443 e. The molecule has 0 aliphatic heterocycles. The van der Waals surface area contributed by atoms with Gasteiger partial charge in [0, 0.05) is 24.6 Å².